The van der Waals surface area contributed by atoms with Crippen LogP contribution >= 0.6 is 0 Å². The Balaban J connectivity index is 1.73. The van der Waals surface area contributed by atoms with E-state index in [4.69, 9.17) is 9.47 Å². The number of carbonyl (C=O) groups excluding carboxylic acids is 1. The number of aromatic nitrogens is 1. The Labute approximate surface area is 150 Å². The Morgan fingerprint density at radius 3 is 2.42 bits per heavy atom. The van der Waals surface area contributed by atoms with Crippen molar-refractivity contribution in [1.29, 1.82) is 0 Å². The molecule has 0 bridgehead atoms. The highest BCUT2D eigenvalue weighted by atomic mass is 19.1. The third kappa shape index (κ3) is 4.16. The van der Waals surface area contributed by atoms with Crippen LogP contribution in [0.3, 0.4) is 0 Å². The van der Waals surface area contributed by atoms with Gasteiger partial charge in [-0.2, -0.15) is 4.39 Å². The number of hydrogen-bond donors (Lipinski definition) is 1. The van der Waals surface area contributed by atoms with Gasteiger partial charge in [-0.15, -0.1) is 0 Å². The van der Waals surface area contributed by atoms with Gasteiger partial charge in [-0.05, 0) is 55.5 Å². The monoisotopic (exact) mass is 352 g/mol. The van der Waals surface area contributed by atoms with Crippen LogP contribution in [0.2, 0.25) is 0 Å². The highest BCUT2D eigenvalue weighted by Gasteiger charge is 2.11. The molecule has 0 saturated heterocycles. The van der Waals surface area contributed by atoms with Crippen molar-refractivity contribution in [2.45, 2.75) is 6.92 Å². The number of hydrogen-bond acceptors (Lipinski definition) is 4. The van der Waals surface area contributed by atoms with E-state index >= 15 is 0 Å². The van der Waals surface area contributed by atoms with Gasteiger partial charge in [0.2, 0.25) is 5.95 Å². The first kappa shape index (κ1) is 17.4. The smallest absolute Gasteiger partial charge is 0.257 e. The Morgan fingerprint density at radius 1 is 1.00 bits per heavy atom. The Morgan fingerprint density at radius 2 is 1.73 bits per heavy atom. The van der Waals surface area contributed by atoms with Gasteiger partial charge in [-0.1, -0.05) is 6.07 Å². The number of carbonyl (C=O) groups is 1. The molecule has 6 heteroatoms. The predicted molar refractivity (Wildman–Crippen MR) is 96.4 cm³/mol. The molecule has 1 amide bonds. The summed E-state index contributed by atoms with van der Waals surface area (Å²) < 4.78 is 24.0. The lowest BCUT2D eigenvalue weighted by atomic mass is 10.2. The Hall–Kier alpha value is -3.41. The second-order valence-corrected chi connectivity index (χ2v) is 5.53. The molecule has 5 nitrogen and oxygen atoms in total. The summed E-state index contributed by atoms with van der Waals surface area (Å²) in [5, 5.41) is 2.76. The maximum atomic E-state index is 13.1. The Bertz CT molecular complexity index is 927. The van der Waals surface area contributed by atoms with E-state index in [0.717, 1.165) is 11.8 Å². The van der Waals surface area contributed by atoms with Crippen LogP contribution in [-0.4, -0.2) is 18.0 Å². The van der Waals surface area contributed by atoms with E-state index in [2.05, 4.69) is 10.3 Å². The molecule has 0 aliphatic rings. The number of nitrogens with one attached hydrogen (secondary N) is 1. The zero-order chi connectivity index (χ0) is 18.5. The highest BCUT2D eigenvalue weighted by molar-refractivity contribution is 6.05. The molecule has 132 valence electrons. The molecule has 0 unspecified atom stereocenters. The minimum Gasteiger partial charge on any atom is -0.497 e. The fourth-order valence-electron chi connectivity index (χ4n) is 2.39. The molecule has 26 heavy (non-hydrogen) atoms. The molecule has 0 atom stereocenters. The first-order valence-electron chi connectivity index (χ1n) is 7.91. The van der Waals surface area contributed by atoms with Crippen LogP contribution in [0.15, 0.2) is 60.7 Å². The number of halogens is 1. The van der Waals surface area contributed by atoms with E-state index in [1.54, 1.807) is 62.6 Å². The van der Waals surface area contributed by atoms with E-state index in [1.807, 2.05) is 0 Å². The molecule has 0 aliphatic carbocycles. The number of nitrogens with zero attached hydrogens (tertiary/aromatic N) is 1. The number of rotatable bonds is 5. The first-order chi connectivity index (χ1) is 12.5. The van der Waals surface area contributed by atoms with Crippen molar-refractivity contribution in [3.8, 4) is 17.2 Å². The largest absolute Gasteiger partial charge is 0.497 e. The second-order valence-electron chi connectivity index (χ2n) is 5.53. The van der Waals surface area contributed by atoms with Crippen LogP contribution in [0.4, 0.5) is 10.1 Å². The molecule has 0 fully saturated rings. The van der Waals surface area contributed by atoms with Crippen LogP contribution in [-0.2, 0) is 0 Å². The first-order valence-corrected chi connectivity index (χ1v) is 7.91. The van der Waals surface area contributed by atoms with Gasteiger partial charge in [0, 0.05) is 11.8 Å². The van der Waals surface area contributed by atoms with Crippen molar-refractivity contribution in [1.82, 2.24) is 4.98 Å². The van der Waals surface area contributed by atoms with Crippen LogP contribution in [0.5, 0.6) is 17.2 Å². The van der Waals surface area contributed by atoms with Crippen molar-refractivity contribution >= 4 is 11.6 Å². The number of amides is 1. The summed E-state index contributed by atoms with van der Waals surface area (Å²) >= 11 is 0. The van der Waals surface area contributed by atoms with E-state index < -0.39 is 5.95 Å². The molecule has 3 aromatic rings. The Kier molecular flexibility index (Phi) is 5.12. The second kappa shape index (κ2) is 7.65. The topological polar surface area (TPSA) is 60.5 Å². The average molecular weight is 352 g/mol. The van der Waals surface area contributed by atoms with Gasteiger partial charge in [0.1, 0.15) is 17.2 Å². The molecule has 1 aromatic heterocycles. The average Bonchev–Trinajstić information content (AvgIpc) is 2.62. The van der Waals surface area contributed by atoms with Crippen LogP contribution < -0.4 is 14.8 Å². The maximum Gasteiger partial charge on any atom is 0.257 e. The van der Waals surface area contributed by atoms with Gasteiger partial charge in [0.05, 0.1) is 18.4 Å². The predicted octanol–water partition coefficient (Wildman–Crippen LogP) is 4.58. The molecule has 1 heterocycles. The number of benzene rings is 2. The maximum absolute atomic E-state index is 13.1. The molecule has 3 rings (SSSR count). The van der Waals surface area contributed by atoms with Gasteiger partial charge in [0.25, 0.3) is 5.91 Å². The van der Waals surface area contributed by atoms with Gasteiger partial charge in [-0.25, -0.2) is 4.98 Å². The number of aryl methyl sites for hydroxylation is 1. The SMILES string of the molecule is COc1ccc(Oc2cccc(NC(=O)c3ccc(F)nc3C)c2)cc1. The summed E-state index contributed by atoms with van der Waals surface area (Å²) in [5.74, 6) is 0.974. The third-order valence-corrected chi connectivity index (χ3v) is 3.68. The summed E-state index contributed by atoms with van der Waals surface area (Å²) in [7, 11) is 1.60. The summed E-state index contributed by atoms with van der Waals surface area (Å²) in [5.41, 5.74) is 1.20. The lowest BCUT2D eigenvalue weighted by molar-refractivity contribution is 0.102. The number of anilines is 1. The standard InChI is InChI=1S/C20H17FN2O3/c1-13-18(10-11-19(21)22-13)20(24)23-14-4-3-5-17(12-14)26-16-8-6-15(25-2)7-9-16/h3-12H,1-2H3,(H,23,24). The van der Waals surface area contributed by atoms with Gasteiger partial charge >= 0.3 is 0 Å². The van der Waals surface area contributed by atoms with Crippen LogP contribution in [0.25, 0.3) is 0 Å². The fraction of sp³-hybridized carbons (Fsp3) is 0.100. The molecule has 2 aromatic carbocycles. The van der Waals surface area contributed by atoms with Gasteiger partial charge in [0.15, 0.2) is 0 Å². The van der Waals surface area contributed by atoms with Crippen molar-refractivity contribution in [2.75, 3.05) is 12.4 Å². The van der Waals surface area contributed by atoms with Gasteiger partial charge < -0.3 is 14.8 Å². The molecule has 0 radical (unpaired) electrons. The summed E-state index contributed by atoms with van der Waals surface area (Å²) in [4.78, 5) is 16.0. The third-order valence-electron chi connectivity index (χ3n) is 3.68. The van der Waals surface area contributed by atoms with Crippen LogP contribution in [0, 0.1) is 12.9 Å². The van der Waals surface area contributed by atoms with Gasteiger partial charge in [-0.3, -0.25) is 4.79 Å². The zero-order valence-corrected chi connectivity index (χ0v) is 14.3. The van der Waals surface area contributed by atoms with Crippen molar-refractivity contribution in [2.24, 2.45) is 0 Å². The summed E-state index contributed by atoms with van der Waals surface area (Å²) in [6.07, 6.45) is 0. The normalized spacial score (nSPS) is 10.3. The highest BCUT2D eigenvalue weighted by Crippen LogP contribution is 2.26. The molecular formula is C20H17FN2O3. The van der Waals surface area contributed by atoms with Crippen molar-refractivity contribution in [3.05, 3.63) is 77.9 Å². The summed E-state index contributed by atoms with van der Waals surface area (Å²) in [6, 6.07) is 16.7. The quantitative estimate of drug-likeness (QED) is 0.683. The van der Waals surface area contributed by atoms with Crippen LogP contribution in [0.1, 0.15) is 16.1 Å². The molecule has 0 saturated carbocycles. The summed E-state index contributed by atoms with van der Waals surface area (Å²) in [6.45, 7) is 1.58. The van der Waals surface area contributed by atoms with Crippen molar-refractivity contribution < 1.29 is 18.7 Å². The number of ether oxygens (including phenoxy) is 2. The number of methoxy groups -OCH3 is 1. The minimum absolute atomic E-state index is 0.313. The molecular weight excluding hydrogens is 335 g/mol. The van der Waals surface area contributed by atoms with E-state index in [-0.39, 0.29) is 5.91 Å². The lowest BCUT2D eigenvalue weighted by Crippen LogP contribution is -2.14. The van der Waals surface area contributed by atoms with E-state index in [1.165, 1.54) is 6.07 Å². The molecule has 0 spiro atoms. The number of pyridine rings is 1. The van der Waals surface area contributed by atoms with Crippen molar-refractivity contribution in [3.63, 3.8) is 0 Å². The minimum atomic E-state index is -0.617. The molecule has 0 aliphatic heterocycles. The van der Waals surface area contributed by atoms with E-state index in [9.17, 15) is 9.18 Å². The fourth-order valence-corrected chi connectivity index (χ4v) is 2.39. The zero-order valence-electron chi connectivity index (χ0n) is 14.3. The lowest BCUT2D eigenvalue weighted by Gasteiger charge is -2.10. The molecule has 1 N–H and O–H groups in total. The van der Waals surface area contributed by atoms with E-state index in [0.29, 0.717) is 28.4 Å².